The molecule has 0 bridgehead atoms. The Balaban J connectivity index is 1.17. The third-order valence-corrected chi connectivity index (χ3v) is 7.19. The Bertz CT molecular complexity index is 1020. The van der Waals surface area contributed by atoms with Crippen molar-refractivity contribution in [2.45, 2.75) is 36.6 Å². The van der Waals surface area contributed by atoms with Crippen LogP contribution in [0.3, 0.4) is 0 Å². The van der Waals surface area contributed by atoms with E-state index in [9.17, 15) is 17.6 Å². The summed E-state index contributed by atoms with van der Waals surface area (Å²) in [6.07, 6.45) is 3.53. The van der Waals surface area contributed by atoms with Gasteiger partial charge in [-0.3, -0.25) is 4.79 Å². The smallest absolute Gasteiger partial charge is 0.240 e. The number of rotatable bonds is 10. The first-order valence-electron chi connectivity index (χ1n) is 10.7. The van der Waals surface area contributed by atoms with Gasteiger partial charge in [0.05, 0.1) is 11.5 Å². The van der Waals surface area contributed by atoms with Crippen LogP contribution in [0.25, 0.3) is 0 Å². The molecule has 0 spiro atoms. The number of halogens is 1. The van der Waals surface area contributed by atoms with Gasteiger partial charge in [-0.05, 0) is 74.7 Å². The second kappa shape index (κ2) is 9.46. The molecule has 1 atom stereocenters. The van der Waals surface area contributed by atoms with Crippen molar-refractivity contribution in [1.29, 1.82) is 0 Å². The Morgan fingerprint density at radius 1 is 1.13 bits per heavy atom. The number of ketones is 1. The minimum atomic E-state index is -3.73. The molecule has 0 radical (unpaired) electrons. The first-order valence-corrected chi connectivity index (χ1v) is 12.2. The van der Waals surface area contributed by atoms with Crippen molar-refractivity contribution in [2.75, 3.05) is 26.2 Å². The highest BCUT2D eigenvalue weighted by Crippen LogP contribution is 2.32. The molecule has 0 aromatic heterocycles. The summed E-state index contributed by atoms with van der Waals surface area (Å²) in [6.45, 7) is 2.77. The minimum Gasteiger partial charge on any atom is -0.494 e. The molecule has 2 fully saturated rings. The molecule has 1 saturated heterocycles. The zero-order valence-corrected chi connectivity index (χ0v) is 18.1. The van der Waals surface area contributed by atoms with Crippen LogP contribution in [-0.2, 0) is 10.0 Å². The fraction of sp³-hybridized carbons (Fsp3) is 0.435. The second-order valence-corrected chi connectivity index (χ2v) is 9.94. The summed E-state index contributed by atoms with van der Waals surface area (Å²) in [5.41, 5.74) is 0.749. The van der Waals surface area contributed by atoms with Crippen molar-refractivity contribution in [2.24, 2.45) is 5.92 Å². The average Bonchev–Trinajstić information content (AvgIpc) is 3.52. The molecule has 6 nitrogen and oxygen atoms in total. The monoisotopic (exact) mass is 446 g/mol. The Morgan fingerprint density at radius 2 is 1.90 bits per heavy atom. The highest BCUT2D eigenvalue weighted by Gasteiger charge is 2.30. The lowest BCUT2D eigenvalue weighted by Crippen LogP contribution is -2.37. The molecule has 1 N–H and O–H groups in total. The van der Waals surface area contributed by atoms with Gasteiger partial charge in [-0.1, -0.05) is 6.07 Å². The predicted molar refractivity (Wildman–Crippen MR) is 115 cm³/mol. The highest BCUT2D eigenvalue weighted by atomic mass is 32.2. The largest absolute Gasteiger partial charge is 0.494 e. The molecule has 4 rings (SSSR count). The van der Waals surface area contributed by atoms with Crippen LogP contribution < -0.4 is 9.46 Å². The van der Waals surface area contributed by atoms with Crippen LogP contribution in [0.4, 0.5) is 4.39 Å². The Kier molecular flexibility index (Phi) is 6.69. The molecule has 2 aromatic carbocycles. The van der Waals surface area contributed by atoms with E-state index in [4.69, 9.17) is 4.74 Å². The van der Waals surface area contributed by atoms with Gasteiger partial charge in [0.15, 0.2) is 5.78 Å². The number of nitrogens with zero attached hydrogens (tertiary/aromatic N) is 1. The van der Waals surface area contributed by atoms with Gasteiger partial charge in [-0.2, -0.15) is 0 Å². The quantitative estimate of drug-likeness (QED) is 0.448. The van der Waals surface area contributed by atoms with E-state index in [1.807, 2.05) is 24.3 Å². The van der Waals surface area contributed by atoms with E-state index in [1.54, 1.807) is 0 Å². The van der Waals surface area contributed by atoms with Crippen LogP contribution in [0.2, 0.25) is 0 Å². The lowest BCUT2D eigenvalue weighted by molar-refractivity contribution is 0.0967. The number of Topliss-reactive ketones (excluding diaryl/α,β-unsaturated/α-hetero) is 1. The molecule has 1 heterocycles. The van der Waals surface area contributed by atoms with Gasteiger partial charge in [-0.25, -0.2) is 17.5 Å². The molecular formula is C23H27FN2O4S. The van der Waals surface area contributed by atoms with Crippen molar-refractivity contribution in [3.63, 3.8) is 0 Å². The summed E-state index contributed by atoms with van der Waals surface area (Å²) in [5, 5.41) is 0. The van der Waals surface area contributed by atoms with Crippen LogP contribution in [0.1, 0.15) is 36.0 Å². The summed E-state index contributed by atoms with van der Waals surface area (Å²) in [4.78, 5) is 14.2. The molecule has 0 amide bonds. The topological polar surface area (TPSA) is 75.7 Å². The molecular weight excluding hydrogens is 419 g/mol. The third-order valence-electron chi connectivity index (χ3n) is 5.67. The van der Waals surface area contributed by atoms with Gasteiger partial charge >= 0.3 is 0 Å². The molecule has 1 aliphatic heterocycles. The Morgan fingerprint density at radius 3 is 2.61 bits per heavy atom. The highest BCUT2D eigenvalue weighted by molar-refractivity contribution is 7.89. The normalized spacial score (nSPS) is 19.5. The SMILES string of the molecule is O=C(c1ccc(OCCCN2CC[C@@H](NS(=O)(=O)c3cccc(F)c3)C2)cc1)C1CC1. The zero-order chi connectivity index (χ0) is 21.8. The van der Waals surface area contributed by atoms with Crippen molar-refractivity contribution >= 4 is 15.8 Å². The Labute approximate surface area is 182 Å². The lowest BCUT2D eigenvalue weighted by Gasteiger charge is -2.17. The number of ether oxygens (including phenoxy) is 1. The summed E-state index contributed by atoms with van der Waals surface area (Å²) in [6, 6.07) is 12.2. The molecule has 2 aliphatic rings. The van der Waals surface area contributed by atoms with Crippen LogP contribution >= 0.6 is 0 Å². The summed E-state index contributed by atoms with van der Waals surface area (Å²) in [5.74, 6) is 0.618. The second-order valence-electron chi connectivity index (χ2n) is 8.23. The molecule has 1 aliphatic carbocycles. The van der Waals surface area contributed by atoms with Crippen molar-refractivity contribution in [3.8, 4) is 5.75 Å². The van der Waals surface area contributed by atoms with Crippen LogP contribution in [0, 0.1) is 11.7 Å². The molecule has 1 saturated carbocycles. The number of hydrogen-bond acceptors (Lipinski definition) is 5. The summed E-state index contributed by atoms with van der Waals surface area (Å²) >= 11 is 0. The molecule has 31 heavy (non-hydrogen) atoms. The first kappa shape index (κ1) is 21.9. The number of sulfonamides is 1. The van der Waals surface area contributed by atoms with Crippen molar-refractivity contribution in [1.82, 2.24) is 9.62 Å². The van der Waals surface area contributed by atoms with Crippen LogP contribution in [-0.4, -0.2) is 51.4 Å². The maximum absolute atomic E-state index is 13.3. The summed E-state index contributed by atoms with van der Waals surface area (Å²) in [7, 11) is -3.73. The van der Waals surface area contributed by atoms with E-state index in [0.29, 0.717) is 19.6 Å². The predicted octanol–water partition coefficient (Wildman–Crippen LogP) is 3.24. The number of likely N-dealkylation sites (tertiary alicyclic amines) is 1. The standard InChI is InChI=1S/C23H27FN2O4S/c24-19-3-1-4-22(15-19)31(28,29)25-20-11-13-26(16-20)12-2-14-30-21-9-7-18(8-10-21)23(27)17-5-6-17/h1,3-4,7-10,15,17,20,25H,2,5-6,11-14,16H2/t20-/m1/s1. The minimum absolute atomic E-state index is 0.0517. The number of carbonyl (C=O) groups excluding carboxylic acids is 1. The first-order chi connectivity index (χ1) is 14.9. The van der Waals surface area contributed by atoms with Gasteiger partial charge in [0.2, 0.25) is 10.0 Å². The number of benzene rings is 2. The summed E-state index contributed by atoms with van der Waals surface area (Å²) < 4.78 is 46.6. The molecule has 2 aromatic rings. The van der Waals surface area contributed by atoms with Gasteiger partial charge in [0.25, 0.3) is 0 Å². The zero-order valence-electron chi connectivity index (χ0n) is 17.3. The van der Waals surface area contributed by atoms with E-state index in [-0.39, 0.29) is 22.6 Å². The van der Waals surface area contributed by atoms with E-state index >= 15 is 0 Å². The number of hydrogen-bond donors (Lipinski definition) is 1. The number of nitrogens with one attached hydrogen (secondary N) is 1. The fourth-order valence-electron chi connectivity index (χ4n) is 3.83. The molecule has 0 unspecified atom stereocenters. The van der Waals surface area contributed by atoms with E-state index < -0.39 is 15.8 Å². The van der Waals surface area contributed by atoms with Crippen molar-refractivity contribution < 1.29 is 22.3 Å². The van der Waals surface area contributed by atoms with E-state index in [2.05, 4.69) is 9.62 Å². The van der Waals surface area contributed by atoms with Gasteiger partial charge < -0.3 is 9.64 Å². The number of carbonyl (C=O) groups is 1. The maximum Gasteiger partial charge on any atom is 0.240 e. The molecule has 8 heteroatoms. The maximum atomic E-state index is 13.3. The Hall–Kier alpha value is -2.29. The third kappa shape index (κ3) is 5.90. The van der Waals surface area contributed by atoms with Gasteiger partial charge in [0.1, 0.15) is 11.6 Å². The molecule has 166 valence electrons. The fourth-order valence-corrected chi connectivity index (χ4v) is 5.12. The van der Waals surface area contributed by atoms with Crippen LogP contribution in [0.5, 0.6) is 5.75 Å². The van der Waals surface area contributed by atoms with Crippen molar-refractivity contribution in [3.05, 3.63) is 59.9 Å². The lowest BCUT2D eigenvalue weighted by atomic mass is 10.1. The van der Waals surface area contributed by atoms with Gasteiger partial charge in [-0.15, -0.1) is 0 Å². The van der Waals surface area contributed by atoms with E-state index in [1.165, 1.54) is 18.2 Å². The van der Waals surface area contributed by atoms with Gasteiger partial charge in [0, 0.05) is 30.6 Å². The van der Waals surface area contributed by atoms with E-state index in [0.717, 1.165) is 49.7 Å². The average molecular weight is 447 g/mol. The van der Waals surface area contributed by atoms with Crippen LogP contribution in [0.15, 0.2) is 53.4 Å².